The van der Waals surface area contributed by atoms with Crippen LogP contribution in [0.5, 0.6) is 11.5 Å². The molecule has 31 heavy (non-hydrogen) atoms. The number of aromatic amines is 1. The Morgan fingerprint density at radius 2 is 1.87 bits per heavy atom. The molecular formula is C23H20FN3O3S. The Balaban J connectivity index is 1.36. The van der Waals surface area contributed by atoms with Crippen LogP contribution in [-0.4, -0.2) is 35.1 Å². The molecule has 0 atom stereocenters. The lowest BCUT2D eigenvalue weighted by Gasteiger charge is -2.21. The van der Waals surface area contributed by atoms with Gasteiger partial charge in [0.25, 0.3) is 5.56 Å². The van der Waals surface area contributed by atoms with Gasteiger partial charge in [0.1, 0.15) is 29.7 Å². The minimum atomic E-state index is -0.307. The van der Waals surface area contributed by atoms with Gasteiger partial charge in [-0.1, -0.05) is 18.2 Å². The van der Waals surface area contributed by atoms with E-state index in [0.717, 1.165) is 28.2 Å². The Labute approximate surface area is 181 Å². The van der Waals surface area contributed by atoms with Gasteiger partial charge in [-0.15, -0.1) is 11.3 Å². The molecule has 0 amide bonds. The molecule has 0 saturated heterocycles. The molecule has 0 radical (unpaired) electrons. The van der Waals surface area contributed by atoms with E-state index in [4.69, 9.17) is 9.47 Å². The van der Waals surface area contributed by atoms with Crippen LogP contribution in [0.1, 0.15) is 11.4 Å². The second-order valence-electron chi connectivity index (χ2n) is 7.50. The van der Waals surface area contributed by atoms with E-state index in [1.165, 1.54) is 23.5 Å². The van der Waals surface area contributed by atoms with Crippen molar-refractivity contribution in [2.75, 3.05) is 20.3 Å². The predicted octanol–water partition coefficient (Wildman–Crippen LogP) is 4.19. The number of benzene rings is 2. The molecule has 0 spiro atoms. The van der Waals surface area contributed by atoms with Crippen LogP contribution in [0.3, 0.4) is 0 Å². The highest BCUT2D eigenvalue weighted by atomic mass is 32.1. The zero-order valence-corrected chi connectivity index (χ0v) is 17.7. The van der Waals surface area contributed by atoms with E-state index < -0.39 is 0 Å². The maximum absolute atomic E-state index is 13.2. The van der Waals surface area contributed by atoms with Gasteiger partial charge in [-0.2, -0.15) is 0 Å². The number of aromatic nitrogens is 2. The third kappa shape index (κ3) is 4.04. The summed E-state index contributed by atoms with van der Waals surface area (Å²) in [5.41, 5.74) is 2.46. The average molecular weight is 437 g/mol. The molecule has 0 aliphatic carbocycles. The number of halogens is 1. The first kappa shape index (κ1) is 19.7. The SMILES string of the molecule is CN(Cc1ccc2c(c1)OCCO2)Cc1nc2scc(-c3ccc(F)cc3)c2c(=O)[nH]1. The number of rotatable bonds is 5. The van der Waals surface area contributed by atoms with E-state index in [1.807, 2.05) is 30.6 Å². The normalized spacial score (nSPS) is 13.1. The van der Waals surface area contributed by atoms with Gasteiger partial charge in [0.2, 0.25) is 0 Å². The summed E-state index contributed by atoms with van der Waals surface area (Å²) in [5.74, 6) is 1.82. The topological polar surface area (TPSA) is 67.5 Å². The van der Waals surface area contributed by atoms with Crippen molar-refractivity contribution in [2.24, 2.45) is 0 Å². The highest BCUT2D eigenvalue weighted by molar-refractivity contribution is 7.17. The first-order valence-electron chi connectivity index (χ1n) is 9.90. The molecular weight excluding hydrogens is 417 g/mol. The van der Waals surface area contributed by atoms with Crippen molar-refractivity contribution < 1.29 is 13.9 Å². The van der Waals surface area contributed by atoms with Gasteiger partial charge in [-0.05, 0) is 42.4 Å². The molecule has 158 valence electrons. The molecule has 0 saturated carbocycles. The number of nitrogens with zero attached hydrogens (tertiary/aromatic N) is 2. The molecule has 8 heteroatoms. The highest BCUT2D eigenvalue weighted by Crippen LogP contribution is 2.32. The minimum absolute atomic E-state index is 0.187. The molecule has 1 aliphatic rings. The van der Waals surface area contributed by atoms with Crippen LogP contribution in [-0.2, 0) is 13.1 Å². The second kappa shape index (κ2) is 8.13. The highest BCUT2D eigenvalue weighted by Gasteiger charge is 2.15. The first-order valence-corrected chi connectivity index (χ1v) is 10.8. The third-order valence-electron chi connectivity index (χ3n) is 5.13. The maximum Gasteiger partial charge on any atom is 0.260 e. The molecule has 0 bridgehead atoms. The molecule has 6 nitrogen and oxygen atoms in total. The Morgan fingerprint density at radius 1 is 1.10 bits per heavy atom. The molecule has 2 aromatic carbocycles. The van der Waals surface area contributed by atoms with Gasteiger partial charge < -0.3 is 14.5 Å². The quantitative estimate of drug-likeness (QED) is 0.507. The van der Waals surface area contributed by atoms with E-state index in [1.54, 1.807) is 12.1 Å². The Morgan fingerprint density at radius 3 is 2.68 bits per heavy atom. The van der Waals surface area contributed by atoms with E-state index >= 15 is 0 Å². The summed E-state index contributed by atoms with van der Waals surface area (Å²) in [6, 6.07) is 12.0. The van der Waals surface area contributed by atoms with Crippen LogP contribution in [0.25, 0.3) is 21.3 Å². The van der Waals surface area contributed by atoms with Crippen molar-refractivity contribution >= 4 is 21.6 Å². The molecule has 1 N–H and O–H groups in total. The van der Waals surface area contributed by atoms with E-state index in [9.17, 15) is 9.18 Å². The summed E-state index contributed by atoms with van der Waals surface area (Å²) < 4.78 is 24.5. The van der Waals surface area contributed by atoms with E-state index in [2.05, 4.69) is 14.9 Å². The van der Waals surface area contributed by atoms with Crippen LogP contribution >= 0.6 is 11.3 Å². The lowest BCUT2D eigenvalue weighted by Crippen LogP contribution is -2.22. The molecule has 1 aliphatic heterocycles. The van der Waals surface area contributed by atoms with E-state index in [-0.39, 0.29) is 11.4 Å². The molecule has 2 aromatic heterocycles. The molecule has 3 heterocycles. The van der Waals surface area contributed by atoms with Gasteiger partial charge in [0.05, 0.1) is 11.9 Å². The van der Waals surface area contributed by atoms with Crippen molar-refractivity contribution in [3.8, 4) is 22.6 Å². The molecule has 4 aromatic rings. The zero-order valence-electron chi connectivity index (χ0n) is 16.9. The first-order chi connectivity index (χ1) is 15.1. The van der Waals surface area contributed by atoms with Crippen LogP contribution < -0.4 is 15.0 Å². The van der Waals surface area contributed by atoms with E-state index in [0.29, 0.717) is 42.3 Å². The number of H-pyrrole nitrogens is 1. The van der Waals surface area contributed by atoms with Gasteiger partial charge in [-0.3, -0.25) is 9.69 Å². The smallest absolute Gasteiger partial charge is 0.260 e. The predicted molar refractivity (Wildman–Crippen MR) is 118 cm³/mol. The fraction of sp³-hybridized carbons (Fsp3) is 0.217. The molecule has 0 unspecified atom stereocenters. The second-order valence-corrected chi connectivity index (χ2v) is 8.36. The van der Waals surface area contributed by atoms with Gasteiger partial charge in [-0.25, -0.2) is 9.37 Å². The fourth-order valence-corrected chi connectivity index (χ4v) is 4.69. The number of ether oxygens (including phenoxy) is 2. The standard InChI is InChI=1S/C23H20FN3O3S/c1-27(11-14-2-7-18-19(10-14)30-9-8-29-18)12-20-25-22(28)21-17(13-31-23(21)26-20)15-3-5-16(24)6-4-15/h2-7,10,13H,8-9,11-12H2,1H3,(H,25,26,28). The number of nitrogens with one attached hydrogen (secondary N) is 1. The number of hydrogen-bond donors (Lipinski definition) is 1. The van der Waals surface area contributed by atoms with Crippen molar-refractivity contribution in [3.05, 3.63) is 75.4 Å². The number of thiophene rings is 1. The Hall–Kier alpha value is -3.23. The zero-order chi connectivity index (χ0) is 21.4. The lowest BCUT2D eigenvalue weighted by atomic mass is 10.1. The van der Waals surface area contributed by atoms with Crippen LogP contribution in [0.4, 0.5) is 4.39 Å². The minimum Gasteiger partial charge on any atom is -0.486 e. The van der Waals surface area contributed by atoms with Crippen molar-refractivity contribution in [1.29, 1.82) is 0 Å². The van der Waals surface area contributed by atoms with Crippen molar-refractivity contribution in [3.63, 3.8) is 0 Å². The Kier molecular flexibility index (Phi) is 5.17. The van der Waals surface area contributed by atoms with Crippen LogP contribution in [0, 0.1) is 5.82 Å². The van der Waals surface area contributed by atoms with Crippen molar-refractivity contribution in [1.82, 2.24) is 14.9 Å². The van der Waals surface area contributed by atoms with Gasteiger partial charge in [0, 0.05) is 17.5 Å². The molecule has 5 rings (SSSR count). The molecule has 0 fully saturated rings. The summed E-state index contributed by atoms with van der Waals surface area (Å²) in [7, 11) is 1.97. The summed E-state index contributed by atoms with van der Waals surface area (Å²) >= 11 is 1.41. The fourth-order valence-electron chi connectivity index (χ4n) is 3.72. The average Bonchev–Trinajstić information content (AvgIpc) is 3.18. The summed E-state index contributed by atoms with van der Waals surface area (Å²) in [6.45, 7) is 2.28. The van der Waals surface area contributed by atoms with Gasteiger partial charge >= 0.3 is 0 Å². The number of hydrogen-bond acceptors (Lipinski definition) is 6. The maximum atomic E-state index is 13.2. The van der Waals surface area contributed by atoms with Crippen LogP contribution in [0.2, 0.25) is 0 Å². The summed E-state index contributed by atoms with van der Waals surface area (Å²) in [4.78, 5) is 23.1. The summed E-state index contributed by atoms with van der Waals surface area (Å²) in [6.07, 6.45) is 0. The largest absolute Gasteiger partial charge is 0.486 e. The number of fused-ring (bicyclic) bond motifs is 2. The third-order valence-corrected chi connectivity index (χ3v) is 6.00. The van der Waals surface area contributed by atoms with Crippen LogP contribution in [0.15, 0.2) is 52.6 Å². The van der Waals surface area contributed by atoms with Crippen molar-refractivity contribution in [2.45, 2.75) is 13.1 Å². The Bertz CT molecular complexity index is 1300. The lowest BCUT2D eigenvalue weighted by molar-refractivity contribution is 0.171. The summed E-state index contributed by atoms with van der Waals surface area (Å²) in [5, 5.41) is 2.43. The van der Waals surface area contributed by atoms with Gasteiger partial charge in [0.15, 0.2) is 11.5 Å². The monoisotopic (exact) mass is 437 g/mol.